The van der Waals surface area contributed by atoms with E-state index in [4.69, 9.17) is 0 Å². The Morgan fingerprint density at radius 3 is 2.48 bits per heavy atom. The van der Waals surface area contributed by atoms with Crippen molar-refractivity contribution in [1.82, 2.24) is 9.55 Å². The molecule has 0 aliphatic rings. The highest BCUT2D eigenvalue weighted by Gasteiger charge is 2.16. The second kappa shape index (κ2) is 5.36. The molecule has 0 aliphatic carbocycles. The molecule has 2 aromatic heterocycles. The van der Waals surface area contributed by atoms with E-state index in [0.717, 1.165) is 40.4 Å². The molecule has 4 aromatic rings. The number of carbonyl (C=O) groups is 1. The minimum Gasteiger partial charge on any atom is -0.339 e. The summed E-state index contributed by atoms with van der Waals surface area (Å²) in [6, 6.07) is 20.2. The minimum absolute atomic E-state index is 0.468. The van der Waals surface area contributed by atoms with E-state index in [2.05, 4.69) is 28.6 Å². The molecule has 0 saturated heterocycles. The molecule has 0 saturated carbocycles. The standard InChI is InChI=1S/C20H16N2O/c1-2-22-18-11-7-6-10-16(18)17-12-15(13-23)21-19(20(17)22)14-8-4-3-5-9-14/h3-13H,2H2,1H3. The van der Waals surface area contributed by atoms with Crippen LogP contribution in [0.1, 0.15) is 17.4 Å². The maximum absolute atomic E-state index is 11.4. The third-order valence-corrected chi connectivity index (χ3v) is 4.25. The van der Waals surface area contributed by atoms with Crippen molar-refractivity contribution < 1.29 is 4.79 Å². The van der Waals surface area contributed by atoms with Crippen molar-refractivity contribution >= 4 is 28.1 Å². The molecule has 23 heavy (non-hydrogen) atoms. The largest absolute Gasteiger partial charge is 0.339 e. The van der Waals surface area contributed by atoms with E-state index in [9.17, 15) is 4.79 Å². The van der Waals surface area contributed by atoms with Gasteiger partial charge < -0.3 is 4.57 Å². The van der Waals surface area contributed by atoms with Crippen LogP contribution in [-0.4, -0.2) is 15.8 Å². The van der Waals surface area contributed by atoms with Crippen LogP contribution < -0.4 is 0 Å². The summed E-state index contributed by atoms with van der Waals surface area (Å²) in [7, 11) is 0. The fraction of sp³-hybridized carbons (Fsp3) is 0.100. The average Bonchev–Trinajstić information content (AvgIpc) is 2.95. The Hall–Kier alpha value is -2.94. The number of carbonyl (C=O) groups excluding carboxylic acids is 1. The van der Waals surface area contributed by atoms with E-state index >= 15 is 0 Å². The Bertz CT molecular complexity index is 1020. The van der Waals surface area contributed by atoms with Crippen molar-refractivity contribution in [3.63, 3.8) is 0 Å². The fourth-order valence-electron chi connectivity index (χ4n) is 3.28. The average molecular weight is 300 g/mol. The predicted octanol–water partition coefficient (Wildman–Crippen LogP) is 4.69. The molecule has 0 spiro atoms. The fourth-order valence-corrected chi connectivity index (χ4v) is 3.28. The second-order valence-electron chi connectivity index (χ2n) is 5.54. The van der Waals surface area contributed by atoms with Crippen molar-refractivity contribution in [3.05, 3.63) is 66.4 Å². The third-order valence-electron chi connectivity index (χ3n) is 4.25. The number of hydrogen-bond donors (Lipinski definition) is 0. The van der Waals surface area contributed by atoms with Gasteiger partial charge in [-0.25, -0.2) is 4.98 Å². The van der Waals surface area contributed by atoms with Gasteiger partial charge in [-0.3, -0.25) is 4.79 Å². The Kier molecular flexibility index (Phi) is 3.19. The Morgan fingerprint density at radius 1 is 1.00 bits per heavy atom. The topological polar surface area (TPSA) is 34.9 Å². The van der Waals surface area contributed by atoms with Gasteiger partial charge in [-0.1, -0.05) is 48.5 Å². The minimum atomic E-state index is 0.468. The van der Waals surface area contributed by atoms with E-state index in [0.29, 0.717) is 5.69 Å². The van der Waals surface area contributed by atoms with Crippen LogP contribution in [0.15, 0.2) is 60.7 Å². The molecule has 0 unspecified atom stereocenters. The molecule has 0 amide bonds. The molecule has 0 N–H and O–H groups in total. The van der Waals surface area contributed by atoms with Gasteiger partial charge in [0.15, 0.2) is 6.29 Å². The molecule has 0 atom stereocenters. The number of aromatic nitrogens is 2. The van der Waals surface area contributed by atoms with E-state index in [-0.39, 0.29) is 0 Å². The van der Waals surface area contributed by atoms with E-state index in [1.54, 1.807) is 0 Å². The highest BCUT2D eigenvalue weighted by Crippen LogP contribution is 2.35. The maximum Gasteiger partial charge on any atom is 0.168 e. The Balaban J connectivity index is 2.23. The summed E-state index contributed by atoms with van der Waals surface area (Å²) in [5, 5.41) is 2.24. The molecule has 3 heteroatoms. The normalized spacial score (nSPS) is 11.2. The molecule has 0 bridgehead atoms. The summed E-state index contributed by atoms with van der Waals surface area (Å²) in [5.41, 5.74) is 4.62. The highest BCUT2D eigenvalue weighted by atomic mass is 16.1. The molecule has 4 rings (SSSR count). The van der Waals surface area contributed by atoms with Gasteiger partial charge in [0.2, 0.25) is 0 Å². The SMILES string of the molecule is CCn1c2ccccc2c2cc(C=O)nc(-c3ccccc3)c21. The van der Waals surface area contributed by atoms with Crippen LogP contribution in [0.25, 0.3) is 33.1 Å². The van der Waals surface area contributed by atoms with Gasteiger partial charge in [0.25, 0.3) is 0 Å². The quantitative estimate of drug-likeness (QED) is 0.514. The summed E-state index contributed by atoms with van der Waals surface area (Å²) in [6.45, 7) is 2.99. The number of nitrogens with zero attached hydrogens (tertiary/aromatic N) is 2. The lowest BCUT2D eigenvalue weighted by Crippen LogP contribution is -1.98. The summed E-state index contributed by atoms with van der Waals surface area (Å²) in [4.78, 5) is 16.0. The van der Waals surface area contributed by atoms with Gasteiger partial charge in [-0.05, 0) is 19.1 Å². The predicted molar refractivity (Wildman–Crippen MR) is 93.7 cm³/mol. The smallest absolute Gasteiger partial charge is 0.168 e. The number of aryl methyl sites for hydroxylation is 1. The molecule has 2 aromatic carbocycles. The zero-order valence-corrected chi connectivity index (χ0v) is 12.9. The van der Waals surface area contributed by atoms with Gasteiger partial charge >= 0.3 is 0 Å². The molecule has 2 heterocycles. The Labute approximate surface area is 134 Å². The van der Waals surface area contributed by atoms with Gasteiger partial charge in [0.1, 0.15) is 5.69 Å². The molecule has 3 nitrogen and oxygen atoms in total. The first kappa shape index (κ1) is 13.7. The van der Waals surface area contributed by atoms with Crippen LogP contribution >= 0.6 is 0 Å². The number of aldehydes is 1. The number of rotatable bonds is 3. The van der Waals surface area contributed by atoms with Gasteiger partial charge in [0.05, 0.1) is 11.2 Å². The summed E-state index contributed by atoms with van der Waals surface area (Å²) in [6.07, 6.45) is 0.823. The molecular weight excluding hydrogens is 284 g/mol. The van der Waals surface area contributed by atoms with E-state index in [1.165, 1.54) is 5.52 Å². The molecule has 112 valence electrons. The van der Waals surface area contributed by atoms with Crippen LogP contribution in [0.4, 0.5) is 0 Å². The van der Waals surface area contributed by atoms with Crippen LogP contribution in [0.2, 0.25) is 0 Å². The molecular formula is C20H16N2O. The van der Waals surface area contributed by atoms with Crippen molar-refractivity contribution in [1.29, 1.82) is 0 Å². The van der Waals surface area contributed by atoms with Crippen LogP contribution in [-0.2, 0) is 6.54 Å². The van der Waals surface area contributed by atoms with Crippen LogP contribution in [0, 0.1) is 0 Å². The zero-order valence-electron chi connectivity index (χ0n) is 12.9. The summed E-state index contributed by atoms with van der Waals surface area (Å²) < 4.78 is 2.27. The molecule has 0 radical (unpaired) electrons. The highest BCUT2D eigenvalue weighted by molar-refractivity contribution is 6.12. The first-order valence-electron chi connectivity index (χ1n) is 7.76. The molecule has 0 aliphatic heterocycles. The molecule has 0 fully saturated rings. The monoisotopic (exact) mass is 300 g/mol. The zero-order chi connectivity index (χ0) is 15.8. The lowest BCUT2D eigenvalue weighted by Gasteiger charge is -2.09. The van der Waals surface area contributed by atoms with Gasteiger partial charge in [-0.15, -0.1) is 0 Å². The summed E-state index contributed by atoms with van der Waals surface area (Å²) in [5.74, 6) is 0. The van der Waals surface area contributed by atoms with Gasteiger partial charge in [0, 0.05) is 28.4 Å². The number of pyridine rings is 1. The first-order chi connectivity index (χ1) is 11.3. The summed E-state index contributed by atoms with van der Waals surface area (Å²) >= 11 is 0. The number of fused-ring (bicyclic) bond motifs is 3. The maximum atomic E-state index is 11.4. The second-order valence-corrected chi connectivity index (χ2v) is 5.54. The lowest BCUT2D eigenvalue weighted by molar-refractivity contribution is 0.111. The van der Waals surface area contributed by atoms with Crippen molar-refractivity contribution in [2.75, 3.05) is 0 Å². The van der Waals surface area contributed by atoms with Crippen molar-refractivity contribution in [2.24, 2.45) is 0 Å². The Morgan fingerprint density at radius 2 is 1.74 bits per heavy atom. The van der Waals surface area contributed by atoms with Gasteiger partial charge in [-0.2, -0.15) is 0 Å². The van der Waals surface area contributed by atoms with Crippen LogP contribution in [0.3, 0.4) is 0 Å². The lowest BCUT2D eigenvalue weighted by atomic mass is 10.1. The van der Waals surface area contributed by atoms with Crippen molar-refractivity contribution in [2.45, 2.75) is 13.5 Å². The van der Waals surface area contributed by atoms with E-state index in [1.807, 2.05) is 48.5 Å². The first-order valence-corrected chi connectivity index (χ1v) is 7.76. The van der Waals surface area contributed by atoms with E-state index < -0.39 is 0 Å². The van der Waals surface area contributed by atoms with Crippen LogP contribution in [0.5, 0.6) is 0 Å². The third kappa shape index (κ3) is 2.05. The number of benzene rings is 2. The van der Waals surface area contributed by atoms with Crippen molar-refractivity contribution in [3.8, 4) is 11.3 Å². The number of para-hydroxylation sites is 1. The number of hydrogen-bond acceptors (Lipinski definition) is 2.